The number of hydrogen-bond acceptors (Lipinski definition) is 4. The van der Waals surface area contributed by atoms with E-state index in [9.17, 15) is 37.1 Å². The Morgan fingerprint density at radius 2 is 1.69 bits per heavy atom. The van der Waals surface area contributed by atoms with Gasteiger partial charge in [0.15, 0.2) is 0 Å². The number of alkyl halides is 3. The molecule has 35 heavy (non-hydrogen) atoms. The molecular weight excluding hydrogens is 515 g/mol. The third-order valence-electron chi connectivity index (χ3n) is 5.40. The van der Waals surface area contributed by atoms with Gasteiger partial charge in [0.25, 0.3) is 0 Å². The summed E-state index contributed by atoms with van der Waals surface area (Å²) in [4.78, 5) is 37.5. The predicted octanol–water partition coefficient (Wildman–Crippen LogP) is 4.56. The van der Waals surface area contributed by atoms with Crippen molar-refractivity contribution in [2.75, 3.05) is 13.6 Å². The summed E-state index contributed by atoms with van der Waals surface area (Å²) in [5.41, 5.74) is -1.26. The van der Waals surface area contributed by atoms with Crippen molar-refractivity contribution >= 4 is 41.5 Å². The predicted molar refractivity (Wildman–Crippen MR) is 119 cm³/mol. The Morgan fingerprint density at radius 3 is 2.20 bits per heavy atom. The van der Waals surface area contributed by atoms with Gasteiger partial charge in [-0.1, -0.05) is 41.4 Å². The highest BCUT2D eigenvalue weighted by Crippen LogP contribution is 2.38. The van der Waals surface area contributed by atoms with Crippen LogP contribution in [-0.2, 0) is 21.7 Å². The molecule has 0 saturated heterocycles. The summed E-state index contributed by atoms with van der Waals surface area (Å²) in [6.07, 6.45) is -8.22. The minimum absolute atomic E-state index is 0.0176. The lowest BCUT2D eigenvalue weighted by molar-refractivity contribution is -0.274. The molecular formula is C23H21Cl2F4N2O4-. The van der Waals surface area contributed by atoms with Gasteiger partial charge in [0.05, 0.1) is 15.6 Å². The Kier molecular flexibility index (Phi) is 9.51. The molecule has 0 saturated carbocycles. The molecule has 2 amide bonds. The fourth-order valence-corrected chi connectivity index (χ4v) is 4.02. The third-order valence-corrected chi connectivity index (χ3v) is 6.14. The first-order valence-corrected chi connectivity index (χ1v) is 11.0. The van der Waals surface area contributed by atoms with Crippen LogP contribution in [0.4, 0.5) is 22.4 Å². The fraction of sp³-hybridized carbons (Fsp3) is 0.348. The molecule has 0 fully saturated rings. The molecule has 0 spiro atoms. The fourth-order valence-electron chi connectivity index (χ4n) is 3.72. The van der Waals surface area contributed by atoms with E-state index in [0.29, 0.717) is 11.8 Å². The van der Waals surface area contributed by atoms with Gasteiger partial charge in [0.2, 0.25) is 5.91 Å². The number of hydrogen-bond donors (Lipinski definition) is 0. The molecule has 0 aliphatic heterocycles. The van der Waals surface area contributed by atoms with Gasteiger partial charge >= 0.3 is 6.18 Å². The highest BCUT2D eigenvalue weighted by molar-refractivity contribution is 6.42. The monoisotopic (exact) mass is 535 g/mol. The molecule has 0 aliphatic carbocycles. The van der Waals surface area contributed by atoms with Gasteiger partial charge in [-0.05, 0) is 41.8 Å². The number of nitrogens with zero attached hydrogens (tertiary/aromatic N) is 2. The lowest BCUT2D eigenvalue weighted by Crippen LogP contribution is -2.59. The normalized spacial score (nSPS) is 13.1. The molecule has 2 aromatic carbocycles. The Morgan fingerprint density at radius 1 is 1.06 bits per heavy atom. The average molecular weight is 536 g/mol. The van der Waals surface area contributed by atoms with Crippen LogP contribution in [0.3, 0.4) is 0 Å². The first-order chi connectivity index (χ1) is 16.3. The Hall–Kier alpha value is -2.85. The topological polar surface area (TPSA) is 80.8 Å². The van der Waals surface area contributed by atoms with Crippen molar-refractivity contribution in [1.29, 1.82) is 0 Å². The van der Waals surface area contributed by atoms with Crippen LogP contribution in [-0.4, -0.2) is 47.9 Å². The Balaban J connectivity index is 2.67. The Bertz CT molecular complexity index is 1070. The third kappa shape index (κ3) is 7.57. The van der Waals surface area contributed by atoms with E-state index in [1.165, 1.54) is 30.3 Å². The molecule has 190 valence electrons. The van der Waals surface area contributed by atoms with Crippen molar-refractivity contribution in [2.24, 2.45) is 0 Å². The number of carbonyl (C=O) groups is 3. The number of likely N-dealkylation sites (N-methyl/N-ethyl adjacent to an activating group) is 1. The zero-order chi connectivity index (χ0) is 26.4. The summed E-state index contributed by atoms with van der Waals surface area (Å²) in [5, 5.41) is 12.5. The highest BCUT2D eigenvalue weighted by atomic mass is 35.5. The van der Waals surface area contributed by atoms with E-state index >= 15 is 0 Å². The van der Waals surface area contributed by atoms with Crippen LogP contribution in [0.2, 0.25) is 10.0 Å². The number of amides is 2. The van der Waals surface area contributed by atoms with Crippen molar-refractivity contribution in [3.8, 4) is 0 Å². The second-order valence-electron chi connectivity index (χ2n) is 7.89. The lowest BCUT2D eigenvalue weighted by Gasteiger charge is -2.48. The minimum Gasteiger partial charge on any atom is -0.530 e. The van der Waals surface area contributed by atoms with E-state index in [2.05, 4.69) is 0 Å². The van der Waals surface area contributed by atoms with Crippen molar-refractivity contribution in [3.63, 3.8) is 0 Å². The largest absolute Gasteiger partial charge is 0.530 e. The van der Waals surface area contributed by atoms with Crippen LogP contribution in [0.1, 0.15) is 30.4 Å². The van der Waals surface area contributed by atoms with Crippen LogP contribution in [0, 0.1) is 5.82 Å². The minimum atomic E-state index is -4.79. The van der Waals surface area contributed by atoms with Crippen LogP contribution in [0.15, 0.2) is 42.5 Å². The first-order valence-electron chi connectivity index (χ1n) is 10.2. The van der Waals surface area contributed by atoms with E-state index in [-0.39, 0.29) is 35.0 Å². The van der Waals surface area contributed by atoms with Crippen molar-refractivity contribution < 1.29 is 37.1 Å². The van der Waals surface area contributed by atoms with Crippen LogP contribution < -0.4 is 5.11 Å². The Labute approximate surface area is 209 Å². The number of halogens is 6. The van der Waals surface area contributed by atoms with Gasteiger partial charge in [-0.2, -0.15) is 13.2 Å². The number of carbonyl (C=O) groups excluding carboxylic acids is 3. The lowest BCUT2D eigenvalue weighted by atomic mass is 9.82. The second kappa shape index (κ2) is 11.7. The number of benzene rings is 2. The summed E-state index contributed by atoms with van der Waals surface area (Å²) in [6, 6.07) is 8.94. The SMILES string of the molecule is CN(C[C@](CCC=O)(c1ccc(Cl)c(Cl)c1)N(Cc1ccc(F)cc1)C(=O)[O-])C(=O)CC(F)(F)F. The van der Waals surface area contributed by atoms with Crippen LogP contribution >= 0.6 is 23.2 Å². The average Bonchev–Trinajstić information content (AvgIpc) is 2.76. The smallest absolute Gasteiger partial charge is 0.397 e. The molecule has 0 unspecified atom stereocenters. The first kappa shape index (κ1) is 28.4. The molecule has 2 aromatic rings. The zero-order valence-corrected chi connectivity index (χ0v) is 20.0. The molecule has 6 nitrogen and oxygen atoms in total. The standard InChI is InChI=1S/C23H22Cl2F4N2O4/c1-30(20(33)12-23(27,28)29)14-22(9-2-10-32,16-5-8-18(24)19(25)11-16)31(21(34)35)13-15-3-6-17(26)7-4-15/h3-8,10-11H,2,9,12-14H2,1H3,(H,34,35)/p-1/t22-/m1/s1. The second-order valence-corrected chi connectivity index (χ2v) is 8.70. The van der Waals surface area contributed by atoms with Gasteiger partial charge in [-0.25, -0.2) is 4.39 Å². The number of aldehydes is 1. The summed E-state index contributed by atoms with van der Waals surface area (Å²) >= 11 is 12.1. The quantitative estimate of drug-likeness (QED) is 0.330. The molecule has 0 bridgehead atoms. The van der Waals surface area contributed by atoms with E-state index in [0.717, 1.165) is 29.0 Å². The number of carboxylic acid groups (broad SMARTS) is 1. The van der Waals surface area contributed by atoms with Gasteiger partial charge in [-0.3, -0.25) is 4.79 Å². The summed E-state index contributed by atoms with van der Waals surface area (Å²) in [6.45, 7) is -0.952. The molecule has 0 aliphatic rings. The maximum absolute atomic E-state index is 13.4. The number of rotatable bonds is 10. The maximum Gasteiger partial charge on any atom is 0.397 e. The molecule has 0 aromatic heterocycles. The van der Waals surface area contributed by atoms with E-state index in [4.69, 9.17) is 23.2 Å². The molecule has 12 heteroatoms. The maximum atomic E-state index is 13.4. The summed E-state index contributed by atoms with van der Waals surface area (Å²) in [7, 11) is 1.09. The molecule has 1 atom stereocenters. The molecule has 0 radical (unpaired) electrons. The van der Waals surface area contributed by atoms with E-state index in [1.54, 1.807) is 0 Å². The van der Waals surface area contributed by atoms with Crippen LogP contribution in [0.25, 0.3) is 0 Å². The van der Waals surface area contributed by atoms with Gasteiger partial charge in [0, 0.05) is 26.6 Å². The summed E-state index contributed by atoms with van der Waals surface area (Å²) < 4.78 is 52.0. The highest BCUT2D eigenvalue weighted by Gasteiger charge is 2.42. The van der Waals surface area contributed by atoms with Gasteiger partial charge in [-0.15, -0.1) is 0 Å². The van der Waals surface area contributed by atoms with E-state index < -0.39 is 42.5 Å². The molecule has 2 rings (SSSR count). The molecule has 0 N–H and O–H groups in total. The van der Waals surface area contributed by atoms with E-state index in [1.807, 2.05) is 0 Å². The van der Waals surface area contributed by atoms with Crippen molar-refractivity contribution in [3.05, 3.63) is 69.5 Å². The van der Waals surface area contributed by atoms with Gasteiger partial charge < -0.3 is 24.5 Å². The van der Waals surface area contributed by atoms with Crippen molar-refractivity contribution in [2.45, 2.75) is 37.5 Å². The van der Waals surface area contributed by atoms with Crippen LogP contribution in [0.5, 0.6) is 0 Å². The van der Waals surface area contributed by atoms with Crippen molar-refractivity contribution in [1.82, 2.24) is 9.80 Å². The summed E-state index contributed by atoms with van der Waals surface area (Å²) in [5.74, 6) is -1.88. The zero-order valence-electron chi connectivity index (χ0n) is 18.4. The molecule has 0 heterocycles. The van der Waals surface area contributed by atoms with Gasteiger partial charge in [0.1, 0.15) is 24.6 Å².